The van der Waals surface area contributed by atoms with Crippen LogP contribution in [0.15, 0.2) is 12.7 Å². The number of hydrogen-bond donors (Lipinski definition) is 1. The van der Waals surface area contributed by atoms with Gasteiger partial charge in [-0.25, -0.2) is 4.79 Å². The SMILES string of the molecule is C=CCO[C@]1(C)C[C@@H](C)CN(C)[C@H](C)[C@H]2NC(=O)O[C@]2(C)[C@@H](CC)OC(=O)C(C)C(=O)[C@H](C)C1O[C@@H]1OC(C)CC(N(C)C)C1C. The molecule has 3 saturated heterocycles. The summed E-state index contributed by atoms with van der Waals surface area (Å²) >= 11 is 0. The molecule has 0 spiro atoms. The van der Waals surface area contributed by atoms with E-state index in [1.807, 2.05) is 34.7 Å². The highest BCUT2D eigenvalue weighted by molar-refractivity contribution is 6.00. The quantitative estimate of drug-likeness (QED) is 0.241. The number of ether oxygens (including phenoxy) is 5. The number of fused-ring (bicyclic) bond motifs is 1. The number of nitrogens with zero attached hydrogens (tertiary/aromatic N) is 2. The second-order valence-electron chi connectivity index (χ2n) is 14.8. The van der Waals surface area contributed by atoms with Crippen molar-refractivity contribution in [3.63, 3.8) is 0 Å². The number of alkyl carbamates (subject to hydrolysis) is 1. The molecule has 0 saturated carbocycles. The number of carbonyl (C=O) groups excluding carboxylic acids is 3. The number of esters is 1. The Labute approximate surface area is 277 Å². The molecule has 11 heteroatoms. The molecular formula is C35H61N3O8. The number of hydrogen-bond acceptors (Lipinski definition) is 10. The fourth-order valence-corrected chi connectivity index (χ4v) is 8.03. The maximum absolute atomic E-state index is 14.3. The van der Waals surface area contributed by atoms with Crippen LogP contribution < -0.4 is 5.32 Å². The van der Waals surface area contributed by atoms with Gasteiger partial charge in [0.15, 0.2) is 17.7 Å². The molecule has 264 valence electrons. The lowest BCUT2D eigenvalue weighted by atomic mass is 9.78. The highest BCUT2D eigenvalue weighted by Crippen LogP contribution is 2.39. The first kappa shape index (κ1) is 38.4. The van der Waals surface area contributed by atoms with Crippen LogP contribution in [0.4, 0.5) is 4.79 Å². The van der Waals surface area contributed by atoms with Gasteiger partial charge in [0.05, 0.1) is 30.5 Å². The third-order valence-corrected chi connectivity index (χ3v) is 10.7. The van der Waals surface area contributed by atoms with Gasteiger partial charge in [0.25, 0.3) is 0 Å². The minimum Gasteiger partial charge on any atom is -0.458 e. The molecule has 0 bridgehead atoms. The van der Waals surface area contributed by atoms with E-state index in [0.29, 0.717) is 19.4 Å². The van der Waals surface area contributed by atoms with Crippen molar-refractivity contribution in [3.05, 3.63) is 12.7 Å². The number of likely N-dealkylation sites (N-methyl/N-ethyl adjacent to an activating group) is 1. The molecule has 3 aliphatic heterocycles. The zero-order chi connectivity index (χ0) is 34.7. The van der Waals surface area contributed by atoms with E-state index in [-0.39, 0.29) is 42.4 Å². The van der Waals surface area contributed by atoms with E-state index in [1.54, 1.807) is 26.8 Å². The molecule has 3 rings (SSSR count). The monoisotopic (exact) mass is 651 g/mol. The summed E-state index contributed by atoms with van der Waals surface area (Å²) in [6.07, 6.45) is 0.827. The fraction of sp³-hybridized carbons (Fsp3) is 0.857. The van der Waals surface area contributed by atoms with Gasteiger partial charge in [-0.3, -0.25) is 9.59 Å². The van der Waals surface area contributed by atoms with E-state index in [9.17, 15) is 14.4 Å². The Bertz CT molecular complexity index is 1090. The highest BCUT2D eigenvalue weighted by atomic mass is 16.7. The van der Waals surface area contributed by atoms with Crippen LogP contribution in [-0.2, 0) is 33.3 Å². The first-order valence-electron chi connectivity index (χ1n) is 17.1. The standard InChI is InChI=1S/C35H61N3O8/c1-14-16-42-34(9)18-20(3)19-38(13)25(8)29-35(10,46-33(41)36-29)27(15-2)44-31(40)24(7)28(39)23(6)30(34)45-32-22(5)26(37(11)12)17-21(4)43-32/h14,20-27,29-30,32H,1,15-19H2,2-13H3,(H,36,41)/t20-,21?,22?,23+,24?,25-,26?,27-,29-,30?,32+,34-,35-/m1/s1. The predicted molar refractivity (Wildman–Crippen MR) is 176 cm³/mol. The van der Waals surface area contributed by atoms with Crippen molar-refractivity contribution in [2.24, 2.45) is 23.7 Å². The summed E-state index contributed by atoms with van der Waals surface area (Å²) < 4.78 is 31.8. The number of ketones is 1. The average molecular weight is 652 g/mol. The minimum absolute atomic E-state index is 0.0150. The molecule has 11 nitrogen and oxygen atoms in total. The molecule has 0 radical (unpaired) electrons. The molecule has 0 aromatic heterocycles. The molecule has 1 amide bonds. The first-order chi connectivity index (χ1) is 21.4. The van der Waals surface area contributed by atoms with Gasteiger partial charge in [-0.05, 0) is 80.9 Å². The van der Waals surface area contributed by atoms with Crippen molar-refractivity contribution in [2.45, 2.75) is 136 Å². The smallest absolute Gasteiger partial charge is 0.408 e. The second-order valence-corrected chi connectivity index (χ2v) is 14.8. The van der Waals surface area contributed by atoms with E-state index < -0.39 is 59.6 Å². The summed E-state index contributed by atoms with van der Waals surface area (Å²) in [6, 6.07) is -0.399. The van der Waals surface area contributed by atoms with Gasteiger partial charge < -0.3 is 38.8 Å². The van der Waals surface area contributed by atoms with Gasteiger partial charge in [-0.15, -0.1) is 6.58 Å². The lowest BCUT2D eigenvalue weighted by Gasteiger charge is -2.48. The lowest BCUT2D eigenvalue weighted by molar-refractivity contribution is -0.282. The topological polar surface area (TPSA) is 116 Å². The van der Waals surface area contributed by atoms with Gasteiger partial charge >= 0.3 is 12.1 Å². The summed E-state index contributed by atoms with van der Waals surface area (Å²) in [5.74, 6) is -2.71. The van der Waals surface area contributed by atoms with E-state index in [1.165, 1.54) is 0 Å². The lowest BCUT2D eigenvalue weighted by Crippen LogP contribution is -2.60. The molecule has 1 N–H and O–H groups in total. The van der Waals surface area contributed by atoms with Crippen LogP contribution in [0.3, 0.4) is 0 Å². The number of Topliss-reactive ketones (excluding diaryl/α,β-unsaturated/α-hetero) is 1. The molecule has 0 aliphatic carbocycles. The molecule has 46 heavy (non-hydrogen) atoms. The first-order valence-corrected chi connectivity index (χ1v) is 17.1. The number of nitrogens with one attached hydrogen (secondary N) is 1. The highest BCUT2D eigenvalue weighted by Gasteiger charge is 2.56. The van der Waals surface area contributed by atoms with Crippen molar-refractivity contribution >= 4 is 17.8 Å². The van der Waals surface area contributed by atoms with Crippen LogP contribution in [0.25, 0.3) is 0 Å². The Morgan fingerprint density at radius 3 is 2.35 bits per heavy atom. The van der Waals surface area contributed by atoms with Crippen LogP contribution >= 0.6 is 0 Å². The van der Waals surface area contributed by atoms with Crippen molar-refractivity contribution < 1.29 is 38.1 Å². The molecule has 3 heterocycles. The van der Waals surface area contributed by atoms with Crippen LogP contribution in [0.2, 0.25) is 0 Å². The van der Waals surface area contributed by atoms with Crippen LogP contribution in [-0.4, -0.2) is 116 Å². The number of carbonyl (C=O) groups is 3. The van der Waals surface area contributed by atoms with Gasteiger partial charge in [0.1, 0.15) is 12.0 Å². The van der Waals surface area contributed by atoms with E-state index in [0.717, 1.165) is 6.42 Å². The van der Waals surface area contributed by atoms with E-state index in [2.05, 4.69) is 49.6 Å². The Hall–Kier alpha value is -2.05. The van der Waals surface area contributed by atoms with Gasteiger partial charge in [0.2, 0.25) is 0 Å². The minimum atomic E-state index is -1.13. The Balaban J connectivity index is 2.10. The Morgan fingerprint density at radius 2 is 1.76 bits per heavy atom. The second kappa shape index (κ2) is 15.4. The van der Waals surface area contributed by atoms with Crippen molar-refractivity contribution in [1.29, 1.82) is 0 Å². The molecule has 0 aromatic rings. The van der Waals surface area contributed by atoms with Crippen molar-refractivity contribution in [2.75, 3.05) is 34.3 Å². The van der Waals surface area contributed by atoms with Gasteiger partial charge in [0, 0.05) is 30.5 Å². The summed E-state index contributed by atoms with van der Waals surface area (Å²) in [7, 11) is 6.14. The molecule has 0 aromatic carbocycles. The Kier molecular flexibility index (Phi) is 12.9. The molecule has 5 unspecified atom stereocenters. The largest absolute Gasteiger partial charge is 0.458 e. The summed E-state index contributed by atoms with van der Waals surface area (Å²) in [5, 5.41) is 2.97. The number of rotatable bonds is 7. The third kappa shape index (κ3) is 8.14. The van der Waals surface area contributed by atoms with Crippen molar-refractivity contribution in [1.82, 2.24) is 15.1 Å². The number of amides is 1. The average Bonchev–Trinajstić information content (AvgIpc) is 3.30. The summed E-state index contributed by atoms with van der Waals surface area (Å²) in [5.41, 5.74) is -2.08. The molecule has 3 fully saturated rings. The molecule has 3 aliphatic rings. The maximum atomic E-state index is 14.3. The van der Waals surface area contributed by atoms with E-state index in [4.69, 9.17) is 23.7 Å². The zero-order valence-corrected chi connectivity index (χ0v) is 30.3. The van der Waals surface area contributed by atoms with E-state index >= 15 is 0 Å². The van der Waals surface area contributed by atoms with Gasteiger partial charge in [-0.2, -0.15) is 0 Å². The zero-order valence-electron chi connectivity index (χ0n) is 30.3. The normalized spacial score (nSPS) is 43.6. The van der Waals surface area contributed by atoms with Crippen LogP contribution in [0.1, 0.15) is 81.6 Å². The molecule has 13 atom stereocenters. The predicted octanol–water partition coefficient (Wildman–Crippen LogP) is 4.42. The fourth-order valence-electron chi connectivity index (χ4n) is 8.03. The summed E-state index contributed by atoms with van der Waals surface area (Å²) in [4.78, 5) is 44.9. The van der Waals surface area contributed by atoms with Crippen LogP contribution in [0, 0.1) is 23.7 Å². The molecular weight excluding hydrogens is 590 g/mol. The number of cyclic esters (lactones) is 1. The van der Waals surface area contributed by atoms with Crippen LogP contribution in [0.5, 0.6) is 0 Å². The summed E-state index contributed by atoms with van der Waals surface area (Å²) in [6.45, 7) is 22.2. The van der Waals surface area contributed by atoms with Crippen molar-refractivity contribution in [3.8, 4) is 0 Å². The Morgan fingerprint density at radius 1 is 1.11 bits per heavy atom. The van der Waals surface area contributed by atoms with Gasteiger partial charge in [-0.1, -0.05) is 33.8 Å². The maximum Gasteiger partial charge on any atom is 0.408 e. The third-order valence-electron chi connectivity index (χ3n) is 10.7.